The Kier molecular flexibility index (Phi) is 2.63. The zero-order chi connectivity index (χ0) is 9.30. The van der Waals surface area contributed by atoms with Crippen LogP contribution in [0.25, 0.3) is 0 Å². The highest BCUT2D eigenvalue weighted by Gasteiger charge is 2.05. The lowest BCUT2D eigenvalue weighted by Crippen LogP contribution is -2.10. The molecule has 1 aromatic carbocycles. The maximum atomic E-state index is 5.97. The molecule has 0 aliphatic heterocycles. The van der Waals surface area contributed by atoms with Crippen molar-refractivity contribution in [2.75, 3.05) is 19.0 Å². The van der Waals surface area contributed by atoms with Gasteiger partial charge in [-0.3, -0.25) is 0 Å². The summed E-state index contributed by atoms with van der Waals surface area (Å²) >= 11 is 5.97. The molecule has 2 heteroatoms. The highest BCUT2D eigenvalue weighted by Crippen LogP contribution is 2.26. The van der Waals surface area contributed by atoms with Gasteiger partial charge in [-0.05, 0) is 37.1 Å². The van der Waals surface area contributed by atoms with Gasteiger partial charge in [-0.15, -0.1) is 0 Å². The van der Waals surface area contributed by atoms with Crippen LogP contribution in [0.15, 0.2) is 12.1 Å². The number of nitrogens with zero attached hydrogens (tertiary/aromatic N) is 1. The van der Waals surface area contributed by atoms with Crippen molar-refractivity contribution in [2.24, 2.45) is 0 Å². The van der Waals surface area contributed by atoms with E-state index in [1.807, 2.05) is 33.2 Å². The molecule has 0 aromatic heterocycles. The van der Waals surface area contributed by atoms with Crippen LogP contribution in [0.3, 0.4) is 0 Å². The number of anilines is 1. The topological polar surface area (TPSA) is 3.24 Å². The second kappa shape index (κ2) is 3.36. The standard InChI is InChI=1S/C10H14ClN/c1-7-8(2)10(12(3)4)6-5-9(7)11/h5-6H,1-4H3. The van der Waals surface area contributed by atoms with Gasteiger partial charge in [0.15, 0.2) is 0 Å². The average Bonchev–Trinajstić information content (AvgIpc) is 2.00. The molecule has 0 spiro atoms. The minimum atomic E-state index is 0.845. The second-order valence-electron chi connectivity index (χ2n) is 3.21. The molecule has 66 valence electrons. The van der Waals surface area contributed by atoms with Crippen LogP contribution in [-0.4, -0.2) is 14.1 Å². The lowest BCUT2D eigenvalue weighted by molar-refractivity contribution is 1.11. The van der Waals surface area contributed by atoms with Gasteiger partial charge < -0.3 is 4.90 Å². The summed E-state index contributed by atoms with van der Waals surface area (Å²) in [5.74, 6) is 0. The van der Waals surface area contributed by atoms with Crippen molar-refractivity contribution >= 4 is 17.3 Å². The van der Waals surface area contributed by atoms with Crippen molar-refractivity contribution in [1.29, 1.82) is 0 Å². The molecule has 1 nitrogen and oxygen atoms in total. The predicted octanol–water partition coefficient (Wildman–Crippen LogP) is 3.02. The first-order valence-electron chi connectivity index (χ1n) is 3.97. The first kappa shape index (κ1) is 9.40. The molecule has 0 aliphatic carbocycles. The largest absolute Gasteiger partial charge is 0.377 e. The lowest BCUT2D eigenvalue weighted by atomic mass is 10.1. The first-order chi connectivity index (χ1) is 5.54. The monoisotopic (exact) mass is 183 g/mol. The van der Waals surface area contributed by atoms with Crippen LogP contribution < -0.4 is 4.90 Å². The Bertz CT molecular complexity index is 292. The van der Waals surface area contributed by atoms with Crippen LogP contribution in [-0.2, 0) is 0 Å². The molecule has 12 heavy (non-hydrogen) atoms. The molecule has 0 bridgehead atoms. The Morgan fingerprint density at radius 2 is 1.67 bits per heavy atom. The van der Waals surface area contributed by atoms with E-state index in [0.717, 1.165) is 5.02 Å². The van der Waals surface area contributed by atoms with Gasteiger partial charge in [0.05, 0.1) is 0 Å². The quantitative estimate of drug-likeness (QED) is 0.647. The third-order valence-electron chi connectivity index (χ3n) is 2.17. The predicted molar refractivity (Wildman–Crippen MR) is 55.3 cm³/mol. The number of benzene rings is 1. The summed E-state index contributed by atoms with van der Waals surface area (Å²) in [5.41, 5.74) is 3.66. The summed E-state index contributed by atoms with van der Waals surface area (Å²) < 4.78 is 0. The molecule has 0 amide bonds. The molecule has 0 unspecified atom stereocenters. The maximum Gasteiger partial charge on any atom is 0.0439 e. The van der Waals surface area contributed by atoms with E-state index in [0.29, 0.717) is 0 Å². The number of halogens is 1. The molecule has 0 aliphatic rings. The lowest BCUT2D eigenvalue weighted by Gasteiger charge is -2.17. The highest BCUT2D eigenvalue weighted by atomic mass is 35.5. The maximum absolute atomic E-state index is 5.97. The average molecular weight is 184 g/mol. The molecule has 1 aromatic rings. The van der Waals surface area contributed by atoms with Gasteiger partial charge in [0.1, 0.15) is 0 Å². The highest BCUT2D eigenvalue weighted by molar-refractivity contribution is 6.31. The summed E-state index contributed by atoms with van der Waals surface area (Å²) in [6, 6.07) is 3.99. The van der Waals surface area contributed by atoms with Crippen molar-refractivity contribution in [2.45, 2.75) is 13.8 Å². The summed E-state index contributed by atoms with van der Waals surface area (Å²) in [7, 11) is 4.07. The molecular weight excluding hydrogens is 170 g/mol. The molecular formula is C10H14ClN. The minimum Gasteiger partial charge on any atom is -0.377 e. The van der Waals surface area contributed by atoms with Crippen molar-refractivity contribution in [1.82, 2.24) is 0 Å². The molecule has 0 saturated heterocycles. The minimum absolute atomic E-state index is 0.845. The Morgan fingerprint density at radius 1 is 1.08 bits per heavy atom. The fraction of sp³-hybridized carbons (Fsp3) is 0.400. The zero-order valence-electron chi connectivity index (χ0n) is 7.98. The molecule has 0 fully saturated rings. The Hall–Kier alpha value is -0.690. The van der Waals surface area contributed by atoms with Gasteiger partial charge in [0.2, 0.25) is 0 Å². The first-order valence-corrected chi connectivity index (χ1v) is 4.35. The normalized spacial score (nSPS) is 10.1. The third-order valence-corrected chi connectivity index (χ3v) is 2.58. The summed E-state index contributed by atoms with van der Waals surface area (Å²) in [6.45, 7) is 4.14. The van der Waals surface area contributed by atoms with Crippen molar-refractivity contribution in [3.05, 3.63) is 28.3 Å². The number of hydrogen-bond acceptors (Lipinski definition) is 1. The molecule has 0 saturated carbocycles. The van der Waals surface area contributed by atoms with Crippen molar-refractivity contribution in [3.63, 3.8) is 0 Å². The fourth-order valence-corrected chi connectivity index (χ4v) is 1.46. The van der Waals surface area contributed by atoms with Crippen LogP contribution in [0.2, 0.25) is 5.02 Å². The summed E-state index contributed by atoms with van der Waals surface area (Å²) in [5, 5.41) is 0.845. The van der Waals surface area contributed by atoms with Crippen LogP contribution in [0.1, 0.15) is 11.1 Å². The van der Waals surface area contributed by atoms with E-state index < -0.39 is 0 Å². The van der Waals surface area contributed by atoms with E-state index >= 15 is 0 Å². The Labute approximate surface area is 79.0 Å². The molecule has 0 N–H and O–H groups in total. The van der Waals surface area contributed by atoms with Crippen LogP contribution in [0.4, 0.5) is 5.69 Å². The summed E-state index contributed by atoms with van der Waals surface area (Å²) in [4.78, 5) is 2.10. The fourth-order valence-electron chi connectivity index (χ4n) is 1.26. The zero-order valence-corrected chi connectivity index (χ0v) is 8.74. The van der Waals surface area contributed by atoms with Gasteiger partial charge in [-0.25, -0.2) is 0 Å². The van der Waals surface area contributed by atoms with Gasteiger partial charge in [-0.2, -0.15) is 0 Å². The number of hydrogen-bond donors (Lipinski definition) is 0. The van der Waals surface area contributed by atoms with Gasteiger partial charge in [-0.1, -0.05) is 11.6 Å². The molecule has 0 heterocycles. The summed E-state index contributed by atoms with van der Waals surface area (Å²) in [6.07, 6.45) is 0. The Balaban J connectivity index is 3.27. The van der Waals surface area contributed by atoms with E-state index in [4.69, 9.17) is 11.6 Å². The van der Waals surface area contributed by atoms with Crippen molar-refractivity contribution in [3.8, 4) is 0 Å². The van der Waals surface area contributed by atoms with E-state index in [9.17, 15) is 0 Å². The molecule has 0 radical (unpaired) electrons. The molecule has 1 rings (SSSR count). The van der Waals surface area contributed by atoms with E-state index in [-0.39, 0.29) is 0 Å². The smallest absolute Gasteiger partial charge is 0.0439 e. The van der Waals surface area contributed by atoms with E-state index in [1.165, 1.54) is 16.8 Å². The van der Waals surface area contributed by atoms with Crippen LogP contribution >= 0.6 is 11.6 Å². The van der Waals surface area contributed by atoms with Gasteiger partial charge in [0, 0.05) is 24.8 Å². The Morgan fingerprint density at radius 3 is 2.17 bits per heavy atom. The van der Waals surface area contributed by atoms with Crippen LogP contribution in [0, 0.1) is 13.8 Å². The van der Waals surface area contributed by atoms with Gasteiger partial charge >= 0.3 is 0 Å². The van der Waals surface area contributed by atoms with Gasteiger partial charge in [0.25, 0.3) is 0 Å². The SMILES string of the molecule is Cc1c(Cl)ccc(N(C)C)c1C. The number of rotatable bonds is 1. The third kappa shape index (κ3) is 1.56. The van der Waals surface area contributed by atoms with E-state index in [1.54, 1.807) is 0 Å². The second-order valence-corrected chi connectivity index (χ2v) is 3.62. The van der Waals surface area contributed by atoms with Crippen LogP contribution in [0.5, 0.6) is 0 Å². The molecule has 0 atom stereocenters. The van der Waals surface area contributed by atoms with Crippen molar-refractivity contribution < 1.29 is 0 Å². The van der Waals surface area contributed by atoms with E-state index in [2.05, 4.69) is 11.8 Å².